The number of aliphatic hydroxyl groups excluding tert-OH is 4. The Hall–Kier alpha value is -2.35. The van der Waals surface area contributed by atoms with Crippen molar-refractivity contribution in [2.75, 3.05) is 6.61 Å². The van der Waals surface area contributed by atoms with Gasteiger partial charge in [0.1, 0.15) is 42.4 Å². The molecule has 2 heterocycles. The SMILES string of the molecule is N#Cc1ccc(-c2ccc(Cc3cc([C@@H]4O[C@H](CO)[C@@H](O)[C@H](O)[C@H]4O)ccc3Cl)s2)cc1F. The molecule has 1 fully saturated rings. The number of halogens is 2. The van der Waals surface area contributed by atoms with Crippen molar-refractivity contribution in [3.63, 3.8) is 0 Å². The summed E-state index contributed by atoms with van der Waals surface area (Å²) in [6.45, 7) is -0.504. The van der Waals surface area contributed by atoms with Crippen molar-refractivity contribution in [2.45, 2.75) is 36.9 Å². The summed E-state index contributed by atoms with van der Waals surface area (Å²) in [7, 11) is 0. The van der Waals surface area contributed by atoms with E-state index in [1.165, 1.54) is 23.5 Å². The number of aliphatic hydroxyl groups is 4. The average Bonchev–Trinajstić information content (AvgIpc) is 3.28. The van der Waals surface area contributed by atoms with Crippen molar-refractivity contribution in [1.29, 1.82) is 5.26 Å². The third-order valence-corrected chi connectivity index (χ3v) is 7.19. The highest BCUT2D eigenvalue weighted by Crippen LogP contribution is 2.36. The van der Waals surface area contributed by atoms with Gasteiger partial charge in [0.25, 0.3) is 0 Å². The topological polar surface area (TPSA) is 114 Å². The van der Waals surface area contributed by atoms with Crippen LogP contribution in [0.1, 0.15) is 27.7 Å². The van der Waals surface area contributed by atoms with Crippen LogP contribution in [-0.4, -0.2) is 51.4 Å². The lowest BCUT2D eigenvalue weighted by Gasteiger charge is -2.40. The molecule has 33 heavy (non-hydrogen) atoms. The summed E-state index contributed by atoms with van der Waals surface area (Å²) < 4.78 is 19.6. The van der Waals surface area contributed by atoms with E-state index in [1.807, 2.05) is 18.2 Å². The molecule has 9 heteroatoms. The maximum Gasteiger partial charge on any atom is 0.141 e. The molecule has 1 aliphatic rings. The quantitative estimate of drug-likeness (QED) is 0.437. The molecule has 6 nitrogen and oxygen atoms in total. The predicted molar refractivity (Wildman–Crippen MR) is 121 cm³/mol. The molecule has 0 aliphatic carbocycles. The number of nitriles is 1. The molecule has 0 bridgehead atoms. The second-order valence-corrected chi connectivity index (χ2v) is 9.43. The van der Waals surface area contributed by atoms with E-state index < -0.39 is 42.9 Å². The molecule has 0 unspecified atom stereocenters. The zero-order valence-electron chi connectivity index (χ0n) is 17.2. The molecule has 0 amide bonds. The molecule has 0 spiro atoms. The molecular formula is C24H21ClFNO5S. The number of hydrogen-bond donors (Lipinski definition) is 4. The molecule has 5 atom stereocenters. The third kappa shape index (κ3) is 4.81. The van der Waals surface area contributed by atoms with E-state index in [9.17, 15) is 24.8 Å². The largest absolute Gasteiger partial charge is 0.394 e. The lowest BCUT2D eigenvalue weighted by molar-refractivity contribution is -0.231. The Balaban J connectivity index is 1.57. The molecular weight excluding hydrogens is 469 g/mol. The number of benzene rings is 2. The van der Waals surface area contributed by atoms with Crippen LogP contribution in [0.2, 0.25) is 5.02 Å². The summed E-state index contributed by atoms with van der Waals surface area (Å²) >= 11 is 7.86. The zero-order valence-corrected chi connectivity index (χ0v) is 18.8. The van der Waals surface area contributed by atoms with Gasteiger partial charge < -0.3 is 25.2 Å². The molecule has 4 rings (SSSR count). The first-order chi connectivity index (χ1) is 15.8. The van der Waals surface area contributed by atoms with Crippen molar-refractivity contribution in [3.8, 4) is 16.5 Å². The van der Waals surface area contributed by atoms with Gasteiger partial charge in [-0.05, 0) is 47.0 Å². The molecule has 2 aromatic carbocycles. The van der Waals surface area contributed by atoms with E-state index in [-0.39, 0.29) is 5.56 Å². The number of thiophene rings is 1. The first kappa shape index (κ1) is 23.8. The van der Waals surface area contributed by atoms with E-state index in [2.05, 4.69) is 0 Å². The molecule has 1 saturated heterocycles. The highest BCUT2D eigenvalue weighted by Gasteiger charge is 2.44. The second-order valence-electron chi connectivity index (χ2n) is 7.85. The van der Waals surface area contributed by atoms with Crippen LogP contribution in [-0.2, 0) is 11.2 Å². The molecule has 0 radical (unpaired) electrons. The van der Waals surface area contributed by atoms with Gasteiger partial charge in [0, 0.05) is 21.2 Å². The van der Waals surface area contributed by atoms with Crippen LogP contribution >= 0.6 is 22.9 Å². The van der Waals surface area contributed by atoms with Gasteiger partial charge in [0.05, 0.1) is 12.2 Å². The summed E-state index contributed by atoms with van der Waals surface area (Å²) in [6.07, 6.45) is -5.75. The Morgan fingerprint density at radius 3 is 2.52 bits per heavy atom. The van der Waals surface area contributed by atoms with E-state index >= 15 is 0 Å². The van der Waals surface area contributed by atoms with Crippen LogP contribution in [0.25, 0.3) is 10.4 Å². The fourth-order valence-electron chi connectivity index (χ4n) is 3.86. The molecule has 1 aromatic heterocycles. The Morgan fingerprint density at radius 1 is 1.03 bits per heavy atom. The monoisotopic (exact) mass is 489 g/mol. The summed E-state index contributed by atoms with van der Waals surface area (Å²) in [5.74, 6) is -0.569. The van der Waals surface area contributed by atoms with Crippen molar-refractivity contribution in [1.82, 2.24) is 0 Å². The maximum absolute atomic E-state index is 14.0. The van der Waals surface area contributed by atoms with Gasteiger partial charge in [-0.15, -0.1) is 11.3 Å². The smallest absolute Gasteiger partial charge is 0.141 e. The Labute approximate surface area is 198 Å². The highest BCUT2D eigenvalue weighted by atomic mass is 35.5. The molecule has 1 aliphatic heterocycles. The van der Waals surface area contributed by atoms with Gasteiger partial charge in [-0.3, -0.25) is 0 Å². The van der Waals surface area contributed by atoms with Gasteiger partial charge >= 0.3 is 0 Å². The van der Waals surface area contributed by atoms with E-state index in [0.717, 1.165) is 15.3 Å². The van der Waals surface area contributed by atoms with Gasteiger partial charge in [-0.2, -0.15) is 5.26 Å². The molecule has 0 saturated carbocycles. The van der Waals surface area contributed by atoms with Crippen LogP contribution < -0.4 is 0 Å². The van der Waals surface area contributed by atoms with Crippen LogP contribution in [0.15, 0.2) is 48.5 Å². The Kier molecular flexibility index (Phi) is 7.12. The van der Waals surface area contributed by atoms with Gasteiger partial charge in [-0.1, -0.05) is 29.8 Å². The highest BCUT2D eigenvalue weighted by molar-refractivity contribution is 7.15. The van der Waals surface area contributed by atoms with Crippen molar-refractivity contribution >= 4 is 22.9 Å². The fourth-order valence-corrected chi connectivity index (χ4v) is 5.07. The number of nitrogens with zero attached hydrogens (tertiary/aromatic N) is 1. The minimum Gasteiger partial charge on any atom is -0.394 e. The number of ether oxygens (including phenoxy) is 1. The maximum atomic E-state index is 14.0. The minimum atomic E-state index is -1.47. The summed E-state index contributed by atoms with van der Waals surface area (Å²) in [5, 5.41) is 49.3. The Morgan fingerprint density at radius 2 is 1.82 bits per heavy atom. The number of rotatable bonds is 5. The molecule has 4 N–H and O–H groups in total. The van der Waals surface area contributed by atoms with Gasteiger partial charge in [0.15, 0.2) is 0 Å². The van der Waals surface area contributed by atoms with Gasteiger partial charge in [0.2, 0.25) is 0 Å². The molecule has 3 aromatic rings. The number of hydrogen-bond acceptors (Lipinski definition) is 7. The van der Waals surface area contributed by atoms with Crippen LogP contribution in [0.5, 0.6) is 0 Å². The van der Waals surface area contributed by atoms with Crippen molar-refractivity contribution in [2.24, 2.45) is 0 Å². The summed E-state index contributed by atoms with van der Waals surface area (Å²) in [6, 6.07) is 15.2. The van der Waals surface area contributed by atoms with E-state index in [4.69, 9.17) is 21.6 Å². The average molecular weight is 490 g/mol. The van der Waals surface area contributed by atoms with Crippen molar-refractivity contribution in [3.05, 3.63) is 80.9 Å². The van der Waals surface area contributed by atoms with E-state index in [0.29, 0.717) is 22.6 Å². The normalized spacial score (nSPS) is 25.1. The lowest BCUT2D eigenvalue weighted by Crippen LogP contribution is -2.55. The van der Waals surface area contributed by atoms with Gasteiger partial charge in [-0.25, -0.2) is 4.39 Å². The minimum absolute atomic E-state index is 0.00711. The third-order valence-electron chi connectivity index (χ3n) is 5.69. The fraction of sp³-hybridized carbons (Fsp3) is 0.292. The first-order valence-electron chi connectivity index (χ1n) is 10.2. The second kappa shape index (κ2) is 9.87. The van der Waals surface area contributed by atoms with E-state index in [1.54, 1.807) is 24.3 Å². The lowest BCUT2D eigenvalue weighted by atomic mass is 9.90. The summed E-state index contributed by atoms with van der Waals surface area (Å²) in [5.41, 5.74) is 1.97. The van der Waals surface area contributed by atoms with Crippen LogP contribution in [0.4, 0.5) is 4.39 Å². The summed E-state index contributed by atoms with van der Waals surface area (Å²) in [4.78, 5) is 1.80. The standard InChI is InChI=1S/C24H21ClFNO5S/c25-17-5-3-13(24-23(31)22(30)21(29)19(11-28)32-24)7-15(17)8-16-4-6-20(33-16)12-1-2-14(10-27)18(26)9-12/h1-7,9,19,21-24,28-31H,8,11H2/t19-,21-,22+,23-,24+/m1/s1. The Bertz CT molecular complexity index is 1190. The van der Waals surface area contributed by atoms with Crippen LogP contribution in [0, 0.1) is 17.1 Å². The zero-order chi connectivity index (χ0) is 23.7. The predicted octanol–water partition coefficient (Wildman–Crippen LogP) is 3.18. The van der Waals surface area contributed by atoms with Crippen molar-refractivity contribution < 1.29 is 29.6 Å². The van der Waals surface area contributed by atoms with Crippen LogP contribution in [0.3, 0.4) is 0 Å². The molecule has 172 valence electrons. The first-order valence-corrected chi connectivity index (χ1v) is 11.4.